The van der Waals surface area contributed by atoms with E-state index < -0.39 is 11.6 Å². The van der Waals surface area contributed by atoms with Crippen LogP contribution in [0.1, 0.15) is 38.2 Å². The number of rotatable bonds is 8. The van der Waals surface area contributed by atoms with Crippen LogP contribution >= 0.6 is 0 Å². The first-order chi connectivity index (χ1) is 9.56. The molecule has 20 heavy (non-hydrogen) atoms. The van der Waals surface area contributed by atoms with Gasteiger partial charge in [-0.25, -0.2) is 8.78 Å². The summed E-state index contributed by atoms with van der Waals surface area (Å²) >= 11 is 0. The molecule has 0 aromatic heterocycles. The van der Waals surface area contributed by atoms with Gasteiger partial charge in [0.05, 0.1) is 0 Å². The van der Waals surface area contributed by atoms with E-state index in [9.17, 15) is 13.6 Å². The molecule has 1 aromatic rings. The van der Waals surface area contributed by atoms with Crippen LogP contribution in [0.3, 0.4) is 0 Å². The molecule has 1 rings (SSSR count). The SMILES string of the molecule is CCC(CCN)CCC(=O)NCc1ccc(F)c(F)c1. The van der Waals surface area contributed by atoms with Crippen molar-refractivity contribution in [2.45, 2.75) is 39.2 Å². The van der Waals surface area contributed by atoms with Crippen LogP contribution in [0.25, 0.3) is 0 Å². The van der Waals surface area contributed by atoms with E-state index in [0.717, 1.165) is 31.4 Å². The second-order valence-corrected chi connectivity index (χ2v) is 4.92. The highest BCUT2D eigenvalue weighted by Gasteiger charge is 2.09. The van der Waals surface area contributed by atoms with E-state index >= 15 is 0 Å². The number of hydrogen-bond donors (Lipinski definition) is 2. The van der Waals surface area contributed by atoms with E-state index in [4.69, 9.17) is 5.73 Å². The molecule has 3 N–H and O–H groups in total. The molecule has 1 amide bonds. The topological polar surface area (TPSA) is 55.1 Å². The third-order valence-corrected chi connectivity index (χ3v) is 3.41. The molecule has 5 heteroatoms. The van der Waals surface area contributed by atoms with Crippen molar-refractivity contribution < 1.29 is 13.6 Å². The molecule has 112 valence electrons. The van der Waals surface area contributed by atoms with E-state index in [0.29, 0.717) is 24.4 Å². The summed E-state index contributed by atoms with van der Waals surface area (Å²) in [7, 11) is 0. The van der Waals surface area contributed by atoms with Crippen molar-refractivity contribution in [3.05, 3.63) is 35.4 Å². The Bertz CT molecular complexity index is 438. The van der Waals surface area contributed by atoms with Crippen LogP contribution < -0.4 is 11.1 Å². The zero-order valence-electron chi connectivity index (χ0n) is 11.8. The van der Waals surface area contributed by atoms with Gasteiger partial charge in [0.25, 0.3) is 0 Å². The maximum Gasteiger partial charge on any atom is 0.220 e. The maximum absolute atomic E-state index is 13.0. The Morgan fingerprint density at radius 2 is 2.05 bits per heavy atom. The smallest absolute Gasteiger partial charge is 0.220 e. The van der Waals surface area contributed by atoms with Gasteiger partial charge in [0.15, 0.2) is 11.6 Å². The first-order valence-corrected chi connectivity index (χ1v) is 6.97. The summed E-state index contributed by atoms with van der Waals surface area (Å²) in [6, 6.07) is 3.62. The quantitative estimate of drug-likeness (QED) is 0.771. The average molecular weight is 284 g/mol. The first-order valence-electron chi connectivity index (χ1n) is 6.97. The van der Waals surface area contributed by atoms with Gasteiger partial charge < -0.3 is 11.1 Å². The monoisotopic (exact) mass is 284 g/mol. The van der Waals surface area contributed by atoms with E-state index in [-0.39, 0.29) is 12.5 Å². The molecular weight excluding hydrogens is 262 g/mol. The van der Waals surface area contributed by atoms with E-state index in [2.05, 4.69) is 12.2 Å². The lowest BCUT2D eigenvalue weighted by atomic mass is 9.96. The second-order valence-electron chi connectivity index (χ2n) is 4.92. The highest BCUT2D eigenvalue weighted by Crippen LogP contribution is 2.14. The van der Waals surface area contributed by atoms with Crippen molar-refractivity contribution in [2.24, 2.45) is 11.7 Å². The fraction of sp³-hybridized carbons (Fsp3) is 0.533. The number of halogens is 2. The highest BCUT2D eigenvalue weighted by molar-refractivity contribution is 5.75. The molecule has 0 aliphatic carbocycles. The summed E-state index contributed by atoms with van der Waals surface area (Å²) in [5.74, 6) is -1.39. The van der Waals surface area contributed by atoms with Crippen LogP contribution in [0.5, 0.6) is 0 Å². The van der Waals surface area contributed by atoms with Crippen molar-refractivity contribution in [2.75, 3.05) is 6.54 Å². The lowest BCUT2D eigenvalue weighted by Gasteiger charge is -2.13. The Morgan fingerprint density at radius 3 is 2.65 bits per heavy atom. The van der Waals surface area contributed by atoms with Crippen LogP contribution in [0.4, 0.5) is 8.78 Å². The molecule has 0 aliphatic rings. The number of nitrogens with two attached hydrogens (primary N) is 1. The normalized spacial score (nSPS) is 12.2. The predicted molar refractivity (Wildman–Crippen MR) is 74.9 cm³/mol. The molecule has 0 bridgehead atoms. The summed E-state index contributed by atoms with van der Waals surface area (Å²) < 4.78 is 25.7. The Hall–Kier alpha value is -1.49. The van der Waals surface area contributed by atoms with Gasteiger partial charge in [0.2, 0.25) is 5.91 Å². The molecule has 0 radical (unpaired) electrons. The van der Waals surface area contributed by atoms with Crippen LogP contribution in [0.15, 0.2) is 18.2 Å². The van der Waals surface area contributed by atoms with Gasteiger partial charge >= 0.3 is 0 Å². The maximum atomic E-state index is 13.0. The molecule has 0 heterocycles. The van der Waals surface area contributed by atoms with E-state index in [1.54, 1.807) is 0 Å². The van der Waals surface area contributed by atoms with Gasteiger partial charge in [-0.05, 0) is 43.0 Å². The molecule has 0 aliphatic heterocycles. The number of benzene rings is 1. The van der Waals surface area contributed by atoms with E-state index in [1.165, 1.54) is 6.07 Å². The minimum absolute atomic E-state index is 0.0785. The molecule has 1 aromatic carbocycles. The molecular formula is C15H22F2N2O. The molecule has 3 nitrogen and oxygen atoms in total. The summed E-state index contributed by atoms with van der Waals surface area (Å²) in [6.45, 7) is 2.93. The fourth-order valence-electron chi connectivity index (χ4n) is 2.06. The van der Waals surface area contributed by atoms with Gasteiger partial charge in [-0.3, -0.25) is 4.79 Å². The summed E-state index contributed by atoms with van der Waals surface area (Å²) in [4.78, 5) is 11.7. The van der Waals surface area contributed by atoms with Crippen molar-refractivity contribution in [1.29, 1.82) is 0 Å². The van der Waals surface area contributed by atoms with Crippen LogP contribution in [-0.2, 0) is 11.3 Å². The predicted octanol–water partition coefficient (Wildman–Crippen LogP) is 2.74. The summed E-state index contributed by atoms with van der Waals surface area (Å²) in [5, 5.41) is 2.71. The second kappa shape index (κ2) is 8.64. The van der Waals surface area contributed by atoms with Crippen molar-refractivity contribution in [3.63, 3.8) is 0 Å². The third-order valence-electron chi connectivity index (χ3n) is 3.41. The molecule has 1 unspecified atom stereocenters. The largest absolute Gasteiger partial charge is 0.352 e. The molecule has 0 spiro atoms. The molecule has 0 saturated heterocycles. The lowest BCUT2D eigenvalue weighted by molar-refractivity contribution is -0.121. The summed E-state index contributed by atoms with van der Waals surface area (Å²) in [6.07, 6.45) is 3.17. The van der Waals surface area contributed by atoms with Gasteiger partial charge in [-0.1, -0.05) is 19.4 Å². The van der Waals surface area contributed by atoms with Gasteiger partial charge in [-0.2, -0.15) is 0 Å². The molecule has 0 fully saturated rings. The Morgan fingerprint density at radius 1 is 1.30 bits per heavy atom. The summed E-state index contributed by atoms with van der Waals surface area (Å²) in [5.41, 5.74) is 6.05. The number of carbonyl (C=O) groups is 1. The van der Waals surface area contributed by atoms with Crippen molar-refractivity contribution >= 4 is 5.91 Å². The van der Waals surface area contributed by atoms with Gasteiger partial charge in [0.1, 0.15) is 0 Å². The number of nitrogens with one attached hydrogen (secondary N) is 1. The molecule has 1 atom stereocenters. The zero-order chi connectivity index (χ0) is 15.0. The van der Waals surface area contributed by atoms with Gasteiger partial charge in [-0.15, -0.1) is 0 Å². The highest BCUT2D eigenvalue weighted by atomic mass is 19.2. The van der Waals surface area contributed by atoms with Crippen molar-refractivity contribution in [1.82, 2.24) is 5.32 Å². The first kappa shape index (κ1) is 16.6. The Balaban J connectivity index is 2.34. The number of amides is 1. The number of carbonyl (C=O) groups excluding carboxylic acids is 1. The van der Waals surface area contributed by atoms with Crippen LogP contribution in [0, 0.1) is 17.6 Å². The zero-order valence-corrected chi connectivity index (χ0v) is 11.8. The minimum Gasteiger partial charge on any atom is -0.352 e. The minimum atomic E-state index is -0.897. The van der Waals surface area contributed by atoms with E-state index in [1.807, 2.05) is 0 Å². The van der Waals surface area contributed by atoms with Crippen LogP contribution in [0.2, 0.25) is 0 Å². The molecule has 0 saturated carbocycles. The Kier molecular flexibility index (Phi) is 7.15. The fourth-order valence-corrected chi connectivity index (χ4v) is 2.06. The van der Waals surface area contributed by atoms with Crippen molar-refractivity contribution in [3.8, 4) is 0 Å². The number of hydrogen-bond acceptors (Lipinski definition) is 2. The Labute approximate surface area is 118 Å². The lowest BCUT2D eigenvalue weighted by Crippen LogP contribution is -2.23. The van der Waals surface area contributed by atoms with Crippen LogP contribution in [-0.4, -0.2) is 12.5 Å². The average Bonchev–Trinajstić information content (AvgIpc) is 2.44. The standard InChI is InChI=1S/C15H22F2N2O/c1-2-11(7-8-18)4-6-15(20)19-10-12-3-5-13(16)14(17)9-12/h3,5,9,11H,2,4,6-8,10,18H2,1H3,(H,19,20). The van der Waals surface area contributed by atoms with Gasteiger partial charge in [0, 0.05) is 13.0 Å². The third kappa shape index (κ3) is 5.65.